The van der Waals surface area contributed by atoms with Gasteiger partial charge in [-0.2, -0.15) is 0 Å². The monoisotopic (exact) mass is 413 g/mol. The van der Waals surface area contributed by atoms with Crippen LogP contribution in [-0.4, -0.2) is 46.1 Å². The van der Waals surface area contributed by atoms with E-state index in [4.69, 9.17) is 9.97 Å². The lowest BCUT2D eigenvalue weighted by molar-refractivity contribution is 0.586. The summed E-state index contributed by atoms with van der Waals surface area (Å²) in [5.74, 6) is 3.21. The number of nitrogens with one attached hydrogen (secondary N) is 2. The second kappa shape index (κ2) is 6.72. The molecule has 6 rings (SSSR count). The molecule has 7 nitrogen and oxygen atoms in total. The van der Waals surface area contributed by atoms with Gasteiger partial charge in [0.1, 0.15) is 11.6 Å². The number of rotatable bonds is 3. The van der Waals surface area contributed by atoms with Crippen LogP contribution in [0.2, 0.25) is 0 Å². The summed E-state index contributed by atoms with van der Waals surface area (Å²) in [6.45, 7) is 12.4. The molecule has 0 atom stereocenters. The molecular weight excluding hydrogens is 386 g/mol. The fraction of sp³-hybridized carbons (Fsp3) is 0.417. The second-order valence-electron chi connectivity index (χ2n) is 9.32. The molecule has 158 valence electrons. The summed E-state index contributed by atoms with van der Waals surface area (Å²) in [5.41, 5.74) is 5.04. The second-order valence-corrected chi connectivity index (χ2v) is 9.32. The summed E-state index contributed by atoms with van der Waals surface area (Å²) in [7, 11) is 0. The van der Waals surface area contributed by atoms with Gasteiger partial charge in [0.05, 0.1) is 11.7 Å². The molecule has 3 aliphatic rings. The first-order valence-electron chi connectivity index (χ1n) is 11.1. The Morgan fingerprint density at radius 2 is 1.94 bits per heavy atom. The lowest BCUT2D eigenvalue weighted by Gasteiger charge is -2.30. The summed E-state index contributed by atoms with van der Waals surface area (Å²) in [4.78, 5) is 21.8. The molecule has 1 aliphatic carbocycles. The molecule has 2 N–H and O–H groups in total. The van der Waals surface area contributed by atoms with Gasteiger partial charge in [-0.1, -0.05) is 20.4 Å². The number of piperazine rings is 1. The maximum atomic E-state index is 5.21. The van der Waals surface area contributed by atoms with Gasteiger partial charge in [0.15, 0.2) is 5.82 Å². The van der Waals surface area contributed by atoms with Crippen LogP contribution in [0.25, 0.3) is 22.3 Å². The quantitative estimate of drug-likeness (QED) is 0.679. The molecule has 5 heterocycles. The van der Waals surface area contributed by atoms with E-state index in [1.54, 1.807) is 0 Å². The van der Waals surface area contributed by atoms with E-state index >= 15 is 0 Å². The van der Waals surface area contributed by atoms with Gasteiger partial charge in [-0.25, -0.2) is 15.0 Å². The Morgan fingerprint density at radius 3 is 2.71 bits per heavy atom. The molecule has 1 saturated heterocycles. The molecule has 1 saturated carbocycles. The first kappa shape index (κ1) is 18.7. The third-order valence-electron chi connectivity index (χ3n) is 6.89. The Morgan fingerprint density at radius 1 is 1.13 bits per heavy atom. The molecule has 0 unspecified atom stereocenters. The molecule has 3 aromatic heterocycles. The Kier molecular flexibility index (Phi) is 4.05. The third kappa shape index (κ3) is 2.91. The minimum Gasteiger partial charge on any atom is -0.353 e. The van der Waals surface area contributed by atoms with Crippen molar-refractivity contribution in [2.45, 2.75) is 38.0 Å². The van der Waals surface area contributed by atoms with Crippen LogP contribution < -0.4 is 15.5 Å². The fourth-order valence-electron chi connectivity index (χ4n) is 4.84. The number of fused-ring (bicyclic) bond motifs is 2. The number of pyridine rings is 2. The molecule has 0 bridgehead atoms. The van der Waals surface area contributed by atoms with Crippen molar-refractivity contribution in [2.24, 2.45) is 0 Å². The molecule has 3 aromatic rings. The van der Waals surface area contributed by atoms with E-state index in [9.17, 15) is 0 Å². The standard InChI is InChI=1S/C24H27N7/c1-14-24(2,3)20-16(6-7-27-22(20)28-14)21-29-18-13-26-12-17(15-4-5-15)19(18)23(30-21)31-10-8-25-9-11-31/h6-7,12-13,15,25H,1,4-5,8-11H2,2-3H3,(H,27,28). The van der Waals surface area contributed by atoms with Gasteiger partial charge in [-0.05, 0) is 30.4 Å². The highest BCUT2D eigenvalue weighted by Gasteiger charge is 2.38. The highest BCUT2D eigenvalue weighted by Crippen LogP contribution is 2.47. The van der Waals surface area contributed by atoms with Gasteiger partial charge in [-0.3, -0.25) is 4.98 Å². The highest BCUT2D eigenvalue weighted by atomic mass is 15.2. The van der Waals surface area contributed by atoms with E-state index in [2.05, 4.69) is 45.9 Å². The number of hydrogen-bond acceptors (Lipinski definition) is 7. The molecule has 0 aromatic carbocycles. The van der Waals surface area contributed by atoms with Crippen LogP contribution in [0.4, 0.5) is 11.6 Å². The summed E-state index contributed by atoms with van der Waals surface area (Å²) < 4.78 is 0. The first-order valence-corrected chi connectivity index (χ1v) is 11.1. The first-order chi connectivity index (χ1) is 15.0. The average Bonchev–Trinajstić information content (AvgIpc) is 3.60. The van der Waals surface area contributed by atoms with Crippen LogP contribution >= 0.6 is 0 Å². The summed E-state index contributed by atoms with van der Waals surface area (Å²) >= 11 is 0. The van der Waals surface area contributed by atoms with E-state index in [0.717, 1.165) is 66.0 Å². The Bertz CT molecular complexity index is 1210. The van der Waals surface area contributed by atoms with Crippen molar-refractivity contribution in [2.75, 3.05) is 36.4 Å². The number of nitrogens with zero attached hydrogens (tertiary/aromatic N) is 5. The van der Waals surface area contributed by atoms with E-state index in [0.29, 0.717) is 5.92 Å². The summed E-state index contributed by atoms with van der Waals surface area (Å²) in [5, 5.41) is 7.98. The van der Waals surface area contributed by atoms with Crippen molar-refractivity contribution >= 4 is 22.5 Å². The molecule has 2 fully saturated rings. The Balaban J connectivity index is 1.60. The topological polar surface area (TPSA) is 78.9 Å². The van der Waals surface area contributed by atoms with Crippen LogP contribution in [0.15, 0.2) is 36.9 Å². The normalized spacial score (nSPS) is 20.1. The predicted molar refractivity (Wildman–Crippen MR) is 123 cm³/mol. The number of aromatic nitrogens is 4. The van der Waals surface area contributed by atoms with Crippen molar-refractivity contribution < 1.29 is 0 Å². The van der Waals surface area contributed by atoms with Crippen molar-refractivity contribution in [1.29, 1.82) is 0 Å². The van der Waals surface area contributed by atoms with E-state index in [1.807, 2.05) is 24.7 Å². The van der Waals surface area contributed by atoms with Crippen molar-refractivity contribution in [3.05, 3.63) is 48.1 Å². The van der Waals surface area contributed by atoms with E-state index < -0.39 is 0 Å². The number of anilines is 2. The van der Waals surface area contributed by atoms with Crippen LogP contribution in [0.5, 0.6) is 0 Å². The van der Waals surface area contributed by atoms with Crippen LogP contribution in [0.1, 0.15) is 43.7 Å². The Hall–Kier alpha value is -3.06. The average molecular weight is 414 g/mol. The van der Waals surface area contributed by atoms with Gasteiger partial charge >= 0.3 is 0 Å². The maximum Gasteiger partial charge on any atom is 0.162 e. The van der Waals surface area contributed by atoms with Gasteiger partial charge < -0.3 is 15.5 Å². The van der Waals surface area contributed by atoms with Gasteiger partial charge in [0.2, 0.25) is 0 Å². The molecule has 0 amide bonds. The third-order valence-corrected chi connectivity index (χ3v) is 6.89. The lowest BCUT2D eigenvalue weighted by atomic mass is 9.82. The minimum absolute atomic E-state index is 0.249. The lowest BCUT2D eigenvalue weighted by Crippen LogP contribution is -2.44. The molecule has 31 heavy (non-hydrogen) atoms. The van der Waals surface area contributed by atoms with E-state index in [-0.39, 0.29) is 5.41 Å². The molecule has 0 radical (unpaired) electrons. The largest absolute Gasteiger partial charge is 0.353 e. The van der Waals surface area contributed by atoms with Crippen LogP contribution in [0.3, 0.4) is 0 Å². The zero-order valence-electron chi connectivity index (χ0n) is 18.1. The van der Waals surface area contributed by atoms with Crippen LogP contribution in [-0.2, 0) is 5.41 Å². The number of allylic oxidation sites excluding steroid dienone is 1. The van der Waals surface area contributed by atoms with Gasteiger partial charge in [-0.15, -0.1) is 0 Å². The van der Waals surface area contributed by atoms with Crippen molar-refractivity contribution in [3.63, 3.8) is 0 Å². The SMILES string of the molecule is C=C1Nc2nccc(-c3nc(N4CCNCC4)c4c(C5CC5)cncc4n3)c2C1(C)C. The smallest absolute Gasteiger partial charge is 0.162 e. The number of hydrogen-bond donors (Lipinski definition) is 2. The predicted octanol–water partition coefficient (Wildman–Crippen LogP) is 3.59. The molecule has 0 spiro atoms. The Labute approximate surface area is 182 Å². The minimum atomic E-state index is -0.249. The fourth-order valence-corrected chi connectivity index (χ4v) is 4.84. The van der Waals surface area contributed by atoms with Crippen molar-refractivity contribution in [1.82, 2.24) is 25.3 Å². The van der Waals surface area contributed by atoms with E-state index in [1.165, 1.54) is 23.8 Å². The van der Waals surface area contributed by atoms with Gasteiger partial charge in [0.25, 0.3) is 0 Å². The molecular formula is C24H27N7. The summed E-state index contributed by atoms with van der Waals surface area (Å²) in [6, 6.07) is 2.03. The van der Waals surface area contributed by atoms with Gasteiger partial charge in [0, 0.05) is 66.2 Å². The van der Waals surface area contributed by atoms with Crippen molar-refractivity contribution in [3.8, 4) is 11.4 Å². The summed E-state index contributed by atoms with van der Waals surface area (Å²) in [6.07, 6.45) is 8.19. The van der Waals surface area contributed by atoms with Crippen LogP contribution in [0, 0.1) is 0 Å². The highest BCUT2D eigenvalue weighted by molar-refractivity contribution is 5.94. The zero-order chi connectivity index (χ0) is 21.2. The molecule has 2 aliphatic heterocycles. The molecule has 7 heteroatoms. The maximum absolute atomic E-state index is 5.21. The zero-order valence-corrected chi connectivity index (χ0v) is 18.1.